The van der Waals surface area contributed by atoms with Crippen LogP contribution in [0.4, 0.5) is 0 Å². The number of hydrogen-bond donors (Lipinski definition) is 2. The molecule has 0 saturated heterocycles. The topological polar surface area (TPSA) is 46.2 Å². The Morgan fingerprint density at radius 1 is 1.18 bits per heavy atom. The van der Waals surface area contributed by atoms with Crippen LogP contribution in [0.2, 0.25) is 0 Å². The first-order valence-corrected chi connectivity index (χ1v) is 4.65. The molecule has 0 spiro atoms. The van der Waals surface area contributed by atoms with Crippen molar-refractivity contribution in [1.82, 2.24) is 0 Å². The molecule has 0 heterocycles. The van der Waals surface area contributed by atoms with Crippen LogP contribution in [0.15, 0.2) is 0 Å². The molecule has 0 bridgehead atoms. The number of hydrogen-bond acceptors (Lipinski definition) is 2. The minimum atomic E-state index is -0.259. The molecule has 1 fully saturated rings. The van der Waals surface area contributed by atoms with Crippen LogP contribution in [0.5, 0.6) is 0 Å². The zero-order chi connectivity index (χ0) is 8.27. The zero-order valence-electron chi connectivity index (χ0n) is 7.29. The van der Waals surface area contributed by atoms with Gasteiger partial charge in [-0.2, -0.15) is 0 Å². The summed E-state index contributed by atoms with van der Waals surface area (Å²) in [5.74, 6) is 0.491. The molecule has 1 saturated carbocycles. The second kappa shape index (κ2) is 4.07. The van der Waals surface area contributed by atoms with Crippen LogP contribution in [0, 0.1) is 5.92 Å². The monoisotopic (exact) mass is 157 g/mol. The molecule has 0 aromatic heterocycles. The fraction of sp³-hybridized carbons (Fsp3) is 1.00. The minimum absolute atomic E-state index is 0.00954. The first-order chi connectivity index (χ1) is 5.22. The van der Waals surface area contributed by atoms with Gasteiger partial charge in [0.1, 0.15) is 0 Å². The molecule has 0 aromatic carbocycles. The highest BCUT2D eigenvalue weighted by Crippen LogP contribution is 2.21. The van der Waals surface area contributed by atoms with E-state index in [0.29, 0.717) is 5.92 Å². The van der Waals surface area contributed by atoms with E-state index in [2.05, 4.69) is 6.92 Å². The Bertz CT molecular complexity index is 104. The highest BCUT2D eigenvalue weighted by atomic mass is 16.3. The van der Waals surface area contributed by atoms with E-state index in [1.54, 1.807) is 0 Å². The Labute approximate surface area is 68.8 Å². The van der Waals surface area contributed by atoms with Gasteiger partial charge in [-0.3, -0.25) is 0 Å². The van der Waals surface area contributed by atoms with Crippen molar-refractivity contribution in [3.63, 3.8) is 0 Å². The van der Waals surface area contributed by atoms with Crippen molar-refractivity contribution in [1.29, 1.82) is 0 Å². The number of nitrogens with two attached hydrogens (primary N) is 1. The Hall–Kier alpha value is -0.0800. The van der Waals surface area contributed by atoms with Gasteiger partial charge in [0.25, 0.3) is 0 Å². The van der Waals surface area contributed by atoms with Crippen molar-refractivity contribution in [2.45, 2.75) is 51.2 Å². The molecule has 2 heteroatoms. The summed E-state index contributed by atoms with van der Waals surface area (Å²) in [7, 11) is 0. The molecule has 0 aliphatic heterocycles. The van der Waals surface area contributed by atoms with Gasteiger partial charge in [-0.25, -0.2) is 0 Å². The van der Waals surface area contributed by atoms with Gasteiger partial charge >= 0.3 is 0 Å². The summed E-state index contributed by atoms with van der Waals surface area (Å²) >= 11 is 0. The Balaban J connectivity index is 2.42. The van der Waals surface area contributed by atoms with E-state index in [4.69, 9.17) is 5.73 Å². The van der Waals surface area contributed by atoms with Gasteiger partial charge in [-0.15, -0.1) is 0 Å². The van der Waals surface area contributed by atoms with Gasteiger partial charge in [-0.1, -0.05) is 26.2 Å². The largest absolute Gasteiger partial charge is 0.392 e. The maximum absolute atomic E-state index is 9.53. The molecule has 0 amide bonds. The number of rotatable bonds is 0. The van der Waals surface area contributed by atoms with Crippen LogP contribution in [0.25, 0.3) is 0 Å². The van der Waals surface area contributed by atoms with Crippen LogP contribution in [0.1, 0.15) is 39.0 Å². The lowest BCUT2D eigenvalue weighted by molar-refractivity contribution is 0.0987. The van der Waals surface area contributed by atoms with Crippen LogP contribution < -0.4 is 5.73 Å². The SMILES string of the molecule is C[C@H]1CCCCCC(O)C1N. The molecule has 3 N–H and O–H groups in total. The molecule has 1 rings (SSSR count). The Kier molecular flexibility index (Phi) is 3.34. The van der Waals surface area contributed by atoms with Crippen molar-refractivity contribution in [3.8, 4) is 0 Å². The van der Waals surface area contributed by atoms with E-state index in [1.165, 1.54) is 19.3 Å². The van der Waals surface area contributed by atoms with Gasteiger partial charge in [0.05, 0.1) is 6.10 Å². The van der Waals surface area contributed by atoms with Crippen LogP contribution in [-0.2, 0) is 0 Å². The lowest BCUT2D eigenvalue weighted by Crippen LogP contribution is -2.40. The van der Waals surface area contributed by atoms with Gasteiger partial charge in [-0.05, 0) is 18.8 Å². The van der Waals surface area contributed by atoms with E-state index in [9.17, 15) is 5.11 Å². The summed E-state index contributed by atoms with van der Waals surface area (Å²) < 4.78 is 0. The van der Waals surface area contributed by atoms with Crippen molar-refractivity contribution in [2.75, 3.05) is 0 Å². The first kappa shape index (κ1) is 9.01. The van der Waals surface area contributed by atoms with Crippen molar-refractivity contribution >= 4 is 0 Å². The summed E-state index contributed by atoms with van der Waals surface area (Å²) in [4.78, 5) is 0. The van der Waals surface area contributed by atoms with Crippen molar-refractivity contribution in [3.05, 3.63) is 0 Å². The molecule has 1 aliphatic carbocycles. The minimum Gasteiger partial charge on any atom is -0.392 e. The van der Waals surface area contributed by atoms with E-state index in [0.717, 1.165) is 12.8 Å². The Morgan fingerprint density at radius 3 is 2.55 bits per heavy atom. The number of aliphatic hydroxyl groups is 1. The maximum Gasteiger partial charge on any atom is 0.0693 e. The van der Waals surface area contributed by atoms with Gasteiger partial charge in [0, 0.05) is 6.04 Å². The van der Waals surface area contributed by atoms with E-state index in [-0.39, 0.29) is 12.1 Å². The van der Waals surface area contributed by atoms with Gasteiger partial charge in [0.2, 0.25) is 0 Å². The van der Waals surface area contributed by atoms with E-state index in [1.807, 2.05) is 0 Å². The third-order valence-corrected chi connectivity index (χ3v) is 2.76. The second-order valence-electron chi connectivity index (χ2n) is 3.76. The summed E-state index contributed by atoms with van der Waals surface area (Å²) in [5.41, 5.74) is 5.84. The average Bonchev–Trinajstić information content (AvgIpc) is 2.00. The van der Waals surface area contributed by atoms with Crippen LogP contribution in [-0.4, -0.2) is 17.3 Å². The summed E-state index contributed by atoms with van der Waals surface area (Å²) in [6, 6.07) is 0.00954. The predicted octanol–water partition coefficient (Wildman–Crippen LogP) is 1.27. The average molecular weight is 157 g/mol. The molecule has 0 radical (unpaired) electrons. The molecule has 3 atom stereocenters. The molecule has 0 aromatic rings. The molecule has 2 unspecified atom stereocenters. The molecular formula is C9H19NO. The molecule has 11 heavy (non-hydrogen) atoms. The molecule has 1 aliphatic rings. The first-order valence-electron chi connectivity index (χ1n) is 4.65. The number of aliphatic hydroxyl groups excluding tert-OH is 1. The van der Waals surface area contributed by atoms with E-state index < -0.39 is 0 Å². The fourth-order valence-electron chi connectivity index (χ4n) is 1.76. The smallest absolute Gasteiger partial charge is 0.0693 e. The van der Waals surface area contributed by atoms with Crippen molar-refractivity contribution in [2.24, 2.45) is 11.7 Å². The standard InChI is InChI=1S/C9H19NO/c1-7-5-3-2-4-6-8(11)9(7)10/h7-9,11H,2-6,10H2,1H3/t7-,8?,9?/m0/s1. The lowest BCUT2D eigenvalue weighted by Gasteiger charge is -2.27. The quantitative estimate of drug-likeness (QED) is 0.556. The normalized spacial score (nSPS) is 41.2. The Morgan fingerprint density at radius 2 is 1.82 bits per heavy atom. The lowest BCUT2D eigenvalue weighted by atomic mass is 9.87. The summed E-state index contributed by atoms with van der Waals surface area (Å²) in [6.07, 6.45) is 5.49. The summed E-state index contributed by atoms with van der Waals surface area (Å²) in [6.45, 7) is 2.14. The predicted molar refractivity (Wildman–Crippen MR) is 46.2 cm³/mol. The van der Waals surface area contributed by atoms with E-state index >= 15 is 0 Å². The second-order valence-corrected chi connectivity index (χ2v) is 3.76. The summed E-state index contributed by atoms with van der Waals surface area (Å²) in [5, 5.41) is 9.53. The highest BCUT2D eigenvalue weighted by molar-refractivity contribution is 4.79. The highest BCUT2D eigenvalue weighted by Gasteiger charge is 2.22. The molecule has 66 valence electrons. The zero-order valence-corrected chi connectivity index (χ0v) is 7.29. The van der Waals surface area contributed by atoms with Gasteiger partial charge < -0.3 is 10.8 Å². The third-order valence-electron chi connectivity index (χ3n) is 2.76. The third kappa shape index (κ3) is 2.46. The van der Waals surface area contributed by atoms with Crippen molar-refractivity contribution < 1.29 is 5.11 Å². The fourth-order valence-corrected chi connectivity index (χ4v) is 1.76. The maximum atomic E-state index is 9.53. The molecule has 2 nitrogen and oxygen atoms in total. The van der Waals surface area contributed by atoms with Gasteiger partial charge in [0.15, 0.2) is 0 Å². The van der Waals surface area contributed by atoms with Crippen LogP contribution >= 0.6 is 0 Å². The molecular weight excluding hydrogens is 138 g/mol. The van der Waals surface area contributed by atoms with Crippen LogP contribution in [0.3, 0.4) is 0 Å².